The molecule has 1 heterocycles. The van der Waals surface area contributed by atoms with Crippen molar-refractivity contribution in [1.82, 2.24) is 9.88 Å². The van der Waals surface area contributed by atoms with Gasteiger partial charge in [-0.15, -0.1) is 0 Å². The maximum absolute atomic E-state index is 6.25. The molecule has 1 aliphatic rings. The fourth-order valence-corrected chi connectivity index (χ4v) is 3.12. The summed E-state index contributed by atoms with van der Waals surface area (Å²) < 4.78 is 0. The highest BCUT2D eigenvalue weighted by atomic mass is 15.1. The Bertz CT molecular complexity index is 609. The van der Waals surface area contributed by atoms with Gasteiger partial charge in [-0.3, -0.25) is 9.88 Å². The van der Waals surface area contributed by atoms with Crippen molar-refractivity contribution in [2.24, 2.45) is 5.73 Å². The monoisotopic (exact) mass is 267 g/mol. The highest BCUT2D eigenvalue weighted by Crippen LogP contribution is 2.40. The second-order valence-electron chi connectivity index (χ2n) is 5.67. The molecule has 0 fully saturated rings. The zero-order valence-electron chi connectivity index (χ0n) is 12.1. The van der Waals surface area contributed by atoms with Crippen molar-refractivity contribution in [3.8, 4) is 0 Å². The third-order valence-electron chi connectivity index (χ3n) is 4.12. The molecule has 0 aliphatic heterocycles. The molecule has 2 N–H and O–H groups in total. The summed E-state index contributed by atoms with van der Waals surface area (Å²) in [6.45, 7) is 2.89. The maximum atomic E-state index is 6.25. The third-order valence-corrected chi connectivity index (χ3v) is 4.12. The van der Waals surface area contributed by atoms with Crippen LogP contribution in [0.3, 0.4) is 0 Å². The summed E-state index contributed by atoms with van der Waals surface area (Å²) in [6, 6.07) is 15.3. The van der Waals surface area contributed by atoms with Crippen LogP contribution in [0, 0.1) is 6.92 Å². The molecule has 1 aliphatic carbocycles. The molecule has 0 bridgehead atoms. The van der Waals surface area contributed by atoms with Gasteiger partial charge in [-0.05, 0) is 43.7 Å². The first-order valence-electron chi connectivity index (χ1n) is 7.12. The lowest BCUT2D eigenvalue weighted by molar-refractivity contribution is 0.227. The van der Waals surface area contributed by atoms with Gasteiger partial charge in [0.05, 0.1) is 5.69 Å². The Hall–Kier alpha value is -1.71. The van der Waals surface area contributed by atoms with Gasteiger partial charge in [-0.1, -0.05) is 30.3 Å². The van der Waals surface area contributed by atoms with Crippen molar-refractivity contribution in [1.29, 1.82) is 0 Å². The molecule has 3 nitrogen and oxygen atoms in total. The number of pyridine rings is 1. The highest BCUT2D eigenvalue weighted by molar-refractivity contribution is 5.37. The van der Waals surface area contributed by atoms with Gasteiger partial charge in [-0.25, -0.2) is 0 Å². The summed E-state index contributed by atoms with van der Waals surface area (Å²) in [6.07, 6.45) is 0.988. The lowest BCUT2D eigenvalue weighted by Gasteiger charge is -2.25. The average molecular weight is 267 g/mol. The van der Waals surface area contributed by atoms with E-state index in [0.29, 0.717) is 6.04 Å². The summed E-state index contributed by atoms with van der Waals surface area (Å²) in [5, 5.41) is 0. The molecule has 0 saturated carbocycles. The Morgan fingerprint density at radius 3 is 2.65 bits per heavy atom. The first-order chi connectivity index (χ1) is 9.65. The topological polar surface area (TPSA) is 42.1 Å². The summed E-state index contributed by atoms with van der Waals surface area (Å²) >= 11 is 0. The molecule has 0 spiro atoms. The van der Waals surface area contributed by atoms with Gasteiger partial charge in [0.15, 0.2) is 0 Å². The first kappa shape index (κ1) is 13.3. The number of benzene rings is 1. The SMILES string of the molecule is Cc1cccc(CN(C)C2CC(N)c3ccccc32)n1. The molecule has 1 aromatic carbocycles. The van der Waals surface area contributed by atoms with Crippen molar-refractivity contribution >= 4 is 0 Å². The predicted octanol–water partition coefficient (Wildman–Crippen LogP) is 2.97. The van der Waals surface area contributed by atoms with Crippen LogP contribution in [0.2, 0.25) is 0 Å². The van der Waals surface area contributed by atoms with E-state index in [9.17, 15) is 0 Å². The fourth-order valence-electron chi connectivity index (χ4n) is 3.12. The van der Waals surface area contributed by atoms with E-state index in [2.05, 4.69) is 53.3 Å². The van der Waals surface area contributed by atoms with Crippen molar-refractivity contribution in [3.63, 3.8) is 0 Å². The van der Waals surface area contributed by atoms with E-state index in [1.54, 1.807) is 0 Å². The zero-order valence-corrected chi connectivity index (χ0v) is 12.1. The quantitative estimate of drug-likeness (QED) is 0.929. The van der Waals surface area contributed by atoms with Gasteiger partial charge >= 0.3 is 0 Å². The second-order valence-corrected chi connectivity index (χ2v) is 5.67. The number of aryl methyl sites for hydroxylation is 1. The Balaban J connectivity index is 1.80. The standard InChI is InChI=1S/C17H21N3/c1-12-6-5-7-13(19-12)11-20(2)17-10-16(18)14-8-3-4-9-15(14)17/h3-9,16-17H,10-11,18H2,1-2H3. The summed E-state index contributed by atoms with van der Waals surface area (Å²) in [7, 11) is 2.16. The first-order valence-corrected chi connectivity index (χ1v) is 7.12. The van der Waals surface area contributed by atoms with E-state index < -0.39 is 0 Å². The summed E-state index contributed by atoms with van der Waals surface area (Å²) in [5.74, 6) is 0. The smallest absolute Gasteiger partial charge is 0.0547 e. The van der Waals surface area contributed by atoms with E-state index in [1.807, 2.05) is 13.0 Å². The second kappa shape index (κ2) is 5.35. The van der Waals surface area contributed by atoms with Crippen molar-refractivity contribution < 1.29 is 0 Å². The zero-order chi connectivity index (χ0) is 14.1. The predicted molar refractivity (Wildman–Crippen MR) is 81.2 cm³/mol. The molecule has 1 aromatic heterocycles. The molecule has 0 amide bonds. The highest BCUT2D eigenvalue weighted by Gasteiger charge is 2.30. The summed E-state index contributed by atoms with van der Waals surface area (Å²) in [4.78, 5) is 6.94. The van der Waals surface area contributed by atoms with Crippen molar-refractivity contribution in [2.75, 3.05) is 7.05 Å². The van der Waals surface area contributed by atoms with Crippen LogP contribution < -0.4 is 5.73 Å². The van der Waals surface area contributed by atoms with Crippen LogP contribution >= 0.6 is 0 Å². The van der Waals surface area contributed by atoms with Gasteiger partial charge in [-0.2, -0.15) is 0 Å². The molecule has 2 atom stereocenters. The van der Waals surface area contributed by atoms with Crippen LogP contribution in [0.1, 0.15) is 41.0 Å². The number of hydrogen-bond donors (Lipinski definition) is 1. The van der Waals surface area contributed by atoms with Crippen LogP contribution in [0.5, 0.6) is 0 Å². The van der Waals surface area contributed by atoms with Crippen LogP contribution in [0.4, 0.5) is 0 Å². The molecule has 20 heavy (non-hydrogen) atoms. The number of nitrogens with zero attached hydrogens (tertiary/aromatic N) is 2. The Labute approximate surface area is 120 Å². The molecular formula is C17H21N3. The molecule has 104 valence electrons. The molecule has 3 rings (SSSR count). The molecule has 0 saturated heterocycles. The molecule has 2 aromatic rings. The van der Waals surface area contributed by atoms with Crippen LogP contribution in [0.25, 0.3) is 0 Å². The molecule has 0 radical (unpaired) electrons. The normalized spacial score (nSPS) is 21.2. The van der Waals surface area contributed by atoms with Gasteiger partial charge < -0.3 is 5.73 Å². The van der Waals surface area contributed by atoms with Gasteiger partial charge in [0.25, 0.3) is 0 Å². The number of rotatable bonds is 3. The third kappa shape index (κ3) is 2.47. The van der Waals surface area contributed by atoms with E-state index in [-0.39, 0.29) is 6.04 Å². The van der Waals surface area contributed by atoms with E-state index >= 15 is 0 Å². The van der Waals surface area contributed by atoms with Crippen LogP contribution in [0.15, 0.2) is 42.5 Å². The van der Waals surface area contributed by atoms with E-state index in [0.717, 1.165) is 24.4 Å². The average Bonchev–Trinajstić information content (AvgIpc) is 2.77. The summed E-state index contributed by atoms with van der Waals surface area (Å²) in [5.41, 5.74) is 11.1. The molecule has 2 unspecified atom stereocenters. The number of nitrogens with two attached hydrogens (primary N) is 1. The van der Waals surface area contributed by atoms with Gasteiger partial charge in [0.2, 0.25) is 0 Å². The number of hydrogen-bond acceptors (Lipinski definition) is 3. The van der Waals surface area contributed by atoms with Crippen molar-refractivity contribution in [2.45, 2.75) is 32.0 Å². The molecular weight excluding hydrogens is 246 g/mol. The largest absolute Gasteiger partial charge is 0.324 e. The minimum Gasteiger partial charge on any atom is -0.324 e. The van der Waals surface area contributed by atoms with Gasteiger partial charge in [0, 0.05) is 24.3 Å². The number of fused-ring (bicyclic) bond motifs is 1. The Kier molecular flexibility index (Phi) is 3.55. The van der Waals surface area contributed by atoms with Crippen molar-refractivity contribution in [3.05, 3.63) is 65.0 Å². The minimum atomic E-state index is 0.157. The fraction of sp³-hybridized carbons (Fsp3) is 0.353. The van der Waals surface area contributed by atoms with E-state index in [4.69, 9.17) is 5.73 Å². The minimum absolute atomic E-state index is 0.157. The lowest BCUT2D eigenvalue weighted by atomic mass is 10.1. The maximum Gasteiger partial charge on any atom is 0.0547 e. The van der Waals surface area contributed by atoms with Crippen LogP contribution in [-0.2, 0) is 6.54 Å². The molecule has 3 heteroatoms. The van der Waals surface area contributed by atoms with Crippen LogP contribution in [-0.4, -0.2) is 16.9 Å². The van der Waals surface area contributed by atoms with E-state index in [1.165, 1.54) is 11.1 Å². The lowest BCUT2D eigenvalue weighted by Crippen LogP contribution is -2.23. The van der Waals surface area contributed by atoms with Gasteiger partial charge in [0.1, 0.15) is 0 Å². The Morgan fingerprint density at radius 2 is 1.90 bits per heavy atom. The Morgan fingerprint density at radius 1 is 1.15 bits per heavy atom. The number of aromatic nitrogens is 1.